The molecule has 0 atom stereocenters. The topological polar surface area (TPSA) is 72.3 Å². The van der Waals surface area contributed by atoms with Crippen molar-refractivity contribution in [2.24, 2.45) is 0 Å². The summed E-state index contributed by atoms with van der Waals surface area (Å²) in [5, 5.41) is 8.95. The third-order valence-corrected chi connectivity index (χ3v) is 2.69. The van der Waals surface area contributed by atoms with E-state index in [0.29, 0.717) is 11.5 Å². The fourth-order valence-electron chi connectivity index (χ4n) is 1.77. The van der Waals surface area contributed by atoms with Crippen molar-refractivity contribution < 1.29 is 14.6 Å². The van der Waals surface area contributed by atoms with Crippen molar-refractivity contribution in [2.75, 3.05) is 0 Å². The van der Waals surface area contributed by atoms with Gasteiger partial charge >= 0.3 is 5.97 Å². The maximum atomic E-state index is 10.9. The molecule has 0 saturated carbocycles. The number of hydrogen-bond acceptors (Lipinski definition) is 4. The number of ether oxygens (including phenoxy) is 1. The van der Waals surface area contributed by atoms with Crippen LogP contribution in [0.5, 0.6) is 5.75 Å². The third-order valence-electron chi connectivity index (χ3n) is 2.69. The Hall–Kier alpha value is -2.43. The van der Waals surface area contributed by atoms with Crippen LogP contribution in [0, 0.1) is 6.92 Å². The number of aromatic nitrogens is 2. The summed E-state index contributed by atoms with van der Waals surface area (Å²) in [4.78, 5) is 19.2. The van der Waals surface area contributed by atoms with Crippen LogP contribution in [0.25, 0.3) is 11.4 Å². The fourth-order valence-corrected chi connectivity index (χ4v) is 1.77. The van der Waals surface area contributed by atoms with E-state index in [9.17, 15) is 4.79 Å². The normalized spacial score (nSPS) is 10.6. The summed E-state index contributed by atoms with van der Waals surface area (Å²) >= 11 is 0. The zero-order chi connectivity index (χ0) is 14.7. The molecule has 5 nitrogen and oxygen atoms in total. The second-order valence-corrected chi connectivity index (χ2v) is 4.69. The lowest BCUT2D eigenvalue weighted by Gasteiger charge is -2.10. The highest BCUT2D eigenvalue weighted by Gasteiger charge is 2.11. The molecule has 1 aromatic carbocycles. The molecule has 0 fully saturated rings. The van der Waals surface area contributed by atoms with Gasteiger partial charge in [0.05, 0.1) is 17.4 Å². The van der Waals surface area contributed by atoms with E-state index >= 15 is 0 Å². The Labute approximate surface area is 117 Å². The number of nitrogens with zero attached hydrogens (tertiary/aromatic N) is 2. The van der Waals surface area contributed by atoms with Crippen LogP contribution in [0.4, 0.5) is 0 Å². The van der Waals surface area contributed by atoms with E-state index in [1.165, 1.54) is 6.20 Å². The summed E-state index contributed by atoms with van der Waals surface area (Å²) in [5.74, 6) is 0.265. The molecular weight excluding hydrogens is 256 g/mol. The average Bonchev–Trinajstić information content (AvgIpc) is 2.38. The van der Waals surface area contributed by atoms with Crippen molar-refractivity contribution in [2.45, 2.75) is 26.9 Å². The molecule has 0 aliphatic heterocycles. The highest BCUT2D eigenvalue weighted by atomic mass is 16.5. The van der Waals surface area contributed by atoms with Gasteiger partial charge in [-0.15, -0.1) is 0 Å². The van der Waals surface area contributed by atoms with Crippen molar-refractivity contribution in [3.8, 4) is 17.1 Å². The van der Waals surface area contributed by atoms with Gasteiger partial charge in [-0.2, -0.15) is 0 Å². The molecule has 20 heavy (non-hydrogen) atoms. The first kappa shape index (κ1) is 14.0. The van der Waals surface area contributed by atoms with Crippen LogP contribution in [0.1, 0.15) is 29.9 Å². The summed E-state index contributed by atoms with van der Waals surface area (Å²) in [6.45, 7) is 5.58. The van der Waals surface area contributed by atoms with Gasteiger partial charge in [0.15, 0.2) is 5.82 Å². The first-order valence-corrected chi connectivity index (χ1v) is 6.31. The molecule has 0 spiro atoms. The van der Waals surface area contributed by atoms with Crippen molar-refractivity contribution in [1.29, 1.82) is 0 Å². The fraction of sp³-hybridized carbons (Fsp3) is 0.267. The van der Waals surface area contributed by atoms with Crippen molar-refractivity contribution in [3.63, 3.8) is 0 Å². The Morgan fingerprint density at radius 1 is 1.25 bits per heavy atom. The molecule has 2 aromatic rings. The van der Waals surface area contributed by atoms with Gasteiger partial charge in [0.1, 0.15) is 5.75 Å². The molecule has 0 saturated heterocycles. The highest BCUT2D eigenvalue weighted by Crippen LogP contribution is 2.20. The van der Waals surface area contributed by atoms with Gasteiger partial charge in [0.25, 0.3) is 0 Å². The maximum absolute atomic E-state index is 10.9. The molecule has 0 radical (unpaired) electrons. The SMILES string of the molecule is Cc1nc(-c2ccc(OC(C)C)cc2)ncc1C(=O)O. The Kier molecular flexibility index (Phi) is 3.98. The first-order valence-electron chi connectivity index (χ1n) is 6.31. The average molecular weight is 272 g/mol. The van der Waals surface area contributed by atoms with Crippen LogP contribution in [0.2, 0.25) is 0 Å². The second kappa shape index (κ2) is 5.69. The molecule has 1 aromatic heterocycles. The number of rotatable bonds is 4. The van der Waals surface area contributed by atoms with Crippen LogP contribution in [0.15, 0.2) is 30.5 Å². The predicted octanol–water partition coefficient (Wildman–Crippen LogP) is 2.94. The number of benzene rings is 1. The largest absolute Gasteiger partial charge is 0.491 e. The van der Waals surface area contributed by atoms with Crippen molar-refractivity contribution in [3.05, 3.63) is 41.7 Å². The highest BCUT2D eigenvalue weighted by molar-refractivity contribution is 5.88. The van der Waals surface area contributed by atoms with Crippen LogP contribution in [-0.4, -0.2) is 27.1 Å². The molecule has 1 heterocycles. The number of hydrogen-bond donors (Lipinski definition) is 1. The van der Waals surface area contributed by atoms with E-state index in [1.54, 1.807) is 6.92 Å². The van der Waals surface area contributed by atoms with E-state index < -0.39 is 5.97 Å². The monoisotopic (exact) mass is 272 g/mol. The van der Waals surface area contributed by atoms with E-state index in [1.807, 2.05) is 38.1 Å². The van der Waals surface area contributed by atoms with Crippen LogP contribution in [0.3, 0.4) is 0 Å². The van der Waals surface area contributed by atoms with Gasteiger partial charge in [0, 0.05) is 11.8 Å². The number of carboxylic acid groups (broad SMARTS) is 1. The molecule has 0 aliphatic rings. The van der Waals surface area contributed by atoms with Gasteiger partial charge in [-0.1, -0.05) is 0 Å². The number of aryl methyl sites for hydroxylation is 1. The number of carboxylic acids is 1. The van der Waals surface area contributed by atoms with Gasteiger partial charge in [-0.05, 0) is 45.0 Å². The molecule has 5 heteroatoms. The number of carbonyl (C=O) groups is 1. The smallest absolute Gasteiger partial charge is 0.339 e. The predicted molar refractivity (Wildman–Crippen MR) is 74.9 cm³/mol. The molecule has 104 valence electrons. The minimum Gasteiger partial charge on any atom is -0.491 e. The van der Waals surface area contributed by atoms with E-state index in [0.717, 1.165) is 11.3 Å². The Balaban J connectivity index is 2.28. The maximum Gasteiger partial charge on any atom is 0.339 e. The van der Waals surface area contributed by atoms with Crippen LogP contribution >= 0.6 is 0 Å². The zero-order valence-electron chi connectivity index (χ0n) is 11.6. The van der Waals surface area contributed by atoms with Gasteiger partial charge in [-0.25, -0.2) is 14.8 Å². The second-order valence-electron chi connectivity index (χ2n) is 4.69. The van der Waals surface area contributed by atoms with Crippen molar-refractivity contribution in [1.82, 2.24) is 9.97 Å². The van der Waals surface area contributed by atoms with E-state index in [-0.39, 0.29) is 11.7 Å². The molecular formula is C15H16N2O3. The Morgan fingerprint density at radius 2 is 1.90 bits per heavy atom. The Morgan fingerprint density at radius 3 is 2.40 bits per heavy atom. The summed E-state index contributed by atoms with van der Waals surface area (Å²) in [5.41, 5.74) is 1.39. The zero-order valence-corrected chi connectivity index (χ0v) is 11.6. The minimum atomic E-state index is -1.02. The van der Waals surface area contributed by atoms with Gasteiger partial charge in [0.2, 0.25) is 0 Å². The third kappa shape index (κ3) is 3.12. The lowest BCUT2D eigenvalue weighted by molar-refractivity contribution is 0.0695. The minimum absolute atomic E-state index is 0.119. The molecule has 0 amide bonds. The molecule has 1 N–H and O–H groups in total. The standard InChI is InChI=1S/C15H16N2O3/c1-9(2)20-12-6-4-11(5-7-12)14-16-8-13(15(18)19)10(3)17-14/h4-9H,1-3H3,(H,18,19). The van der Waals surface area contributed by atoms with Crippen LogP contribution < -0.4 is 4.74 Å². The van der Waals surface area contributed by atoms with E-state index in [2.05, 4.69) is 9.97 Å². The summed E-state index contributed by atoms with van der Waals surface area (Å²) in [6, 6.07) is 7.40. The van der Waals surface area contributed by atoms with E-state index in [4.69, 9.17) is 9.84 Å². The molecule has 0 bridgehead atoms. The molecule has 0 unspecified atom stereocenters. The summed E-state index contributed by atoms with van der Waals surface area (Å²) in [7, 11) is 0. The quantitative estimate of drug-likeness (QED) is 0.926. The molecule has 2 rings (SSSR count). The number of aromatic carboxylic acids is 1. The lowest BCUT2D eigenvalue weighted by atomic mass is 10.2. The Bertz CT molecular complexity index is 622. The van der Waals surface area contributed by atoms with Crippen LogP contribution in [-0.2, 0) is 0 Å². The lowest BCUT2D eigenvalue weighted by Crippen LogP contribution is -2.05. The van der Waals surface area contributed by atoms with Gasteiger partial charge in [-0.3, -0.25) is 0 Å². The molecule has 0 aliphatic carbocycles. The van der Waals surface area contributed by atoms with Crippen molar-refractivity contribution >= 4 is 5.97 Å². The summed E-state index contributed by atoms with van der Waals surface area (Å²) < 4.78 is 5.56. The first-order chi connectivity index (χ1) is 9.47. The summed E-state index contributed by atoms with van der Waals surface area (Å²) in [6.07, 6.45) is 1.45. The van der Waals surface area contributed by atoms with Gasteiger partial charge < -0.3 is 9.84 Å².